The Morgan fingerprint density at radius 3 is 2.92 bits per heavy atom. The van der Waals surface area contributed by atoms with Crippen molar-refractivity contribution in [2.45, 2.75) is 13.3 Å². The first-order valence-corrected chi connectivity index (χ1v) is 4.84. The topological polar surface area (TPSA) is 37.8 Å². The molecule has 0 radical (unpaired) electrons. The number of nitrogens with zero attached hydrogens (tertiary/aromatic N) is 2. The van der Waals surface area contributed by atoms with Gasteiger partial charge in [0.25, 0.3) is 0 Å². The van der Waals surface area contributed by atoms with Crippen molar-refractivity contribution in [1.82, 2.24) is 14.7 Å². The van der Waals surface area contributed by atoms with Crippen LogP contribution >= 0.6 is 23.9 Å². The van der Waals surface area contributed by atoms with Gasteiger partial charge in [0, 0.05) is 6.54 Å². The van der Waals surface area contributed by atoms with E-state index in [1.165, 1.54) is 17.1 Å². The molecule has 2 heterocycles. The normalized spacial score (nSPS) is 16.2. The van der Waals surface area contributed by atoms with Crippen molar-refractivity contribution in [3.05, 3.63) is 16.9 Å². The minimum absolute atomic E-state index is 0. The van der Waals surface area contributed by atoms with Gasteiger partial charge in [0.15, 0.2) is 0 Å². The molecule has 0 saturated heterocycles. The molecular weight excluding hydrogens is 206 g/mol. The van der Waals surface area contributed by atoms with E-state index in [0.29, 0.717) is 0 Å². The maximum Gasteiger partial charge on any atom is 0.140 e. The number of aromatic nitrogens is 2. The maximum absolute atomic E-state index is 4.33. The van der Waals surface area contributed by atoms with Gasteiger partial charge in [-0.15, -0.1) is 12.4 Å². The highest BCUT2D eigenvalue weighted by molar-refractivity contribution is 7.06. The Bertz CT molecular complexity index is 308. The Kier molecular flexibility index (Phi) is 3.84. The number of nitrogens with one attached hydrogen (secondary N) is 1. The summed E-state index contributed by atoms with van der Waals surface area (Å²) in [5, 5.41) is 4.38. The number of halogens is 1. The van der Waals surface area contributed by atoms with E-state index in [1.54, 1.807) is 0 Å². The number of hydrogen-bond acceptors (Lipinski definition) is 4. The average molecular weight is 218 g/mol. The van der Waals surface area contributed by atoms with E-state index >= 15 is 0 Å². The molecule has 0 bridgehead atoms. The Morgan fingerprint density at radius 1 is 1.54 bits per heavy atom. The fraction of sp³-hybridized carbons (Fsp3) is 0.500. The van der Waals surface area contributed by atoms with E-state index in [2.05, 4.69) is 20.8 Å². The summed E-state index contributed by atoms with van der Waals surface area (Å²) in [7, 11) is 0. The van der Waals surface area contributed by atoms with Crippen molar-refractivity contribution in [2.75, 3.05) is 13.1 Å². The lowest BCUT2D eigenvalue weighted by atomic mass is 10.1. The van der Waals surface area contributed by atoms with Gasteiger partial charge < -0.3 is 5.32 Å². The third-order valence-corrected chi connectivity index (χ3v) is 2.71. The molecule has 0 amide bonds. The molecule has 1 N–H and O–H groups in total. The van der Waals surface area contributed by atoms with Crippen molar-refractivity contribution in [3.63, 3.8) is 0 Å². The molecule has 0 aliphatic carbocycles. The van der Waals surface area contributed by atoms with Crippen LogP contribution in [-0.2, 0) is 0 Å². The van der Waals surface area contributed by atoms with Crippen molar-refractivity contribution < 1.29 is 0 Å². The van der Waals surface area contributed by atoms with Crippen LogP contribution in [0.3, 0.4) is 0 Å². The Hall–Kier alpha value is -0.450. The second-order valence-corrected chi connectivity index (χ2v) is 3.59. The predicted octanol–water partition coefficient (Wildman–Crippen LogP) is 1.65. The molecule has 0 atom stereocenters. The third kappa shape index (κ3) is 2.49. The predicted molar refractivity (Wildman–Crippen MR) is 57.4 cm³/mol. The second kappa shape index (κ2) is 4.69. The van der Waals surface area contributed by atoms with Crippen molar-refractivity contribution >= 4 is 29.5 Å². The highest BCUT2D eigenvalue weighted by Gasteiger charge is 2.08. The number of rotatable bonds is 1. The Labute approximate surface area is 87.8 Å². The Balaban J connectivity index is 0.000000845. The van der Waals surface area contributed by atoms with E-state index in [-0.39, 0.29) is 12.4 Å². The van der Waals surface area contributed by atoms with Crippen LogP contribution in [-0.4, -0.2) is 22.4 Å². The van der Waals surface area contributed by atoms with Gasteiger partial charge in [-0.1, -0.05) is 6.08 Å². The largest absolute Gasteiger partial charge is 0.312 e. The fourth-order valence-corrected chi connectivity index (χ4v) is 1.94. The molecule has 1 aromatic rings. The second-order valence-electron chi connectivity index (χ2n) is 2.84. The van der Waals surface area contributed by atoms with Crippen LogP contribution in [0.1, 0.15) is 17.3 Å². The lowest BCUT2D eigenvalue weighted by Crippen LogP contribution is -2.21. The molecule has 0 saturated carbocycles. The molecule has 2 rings (SSSR count). The SMILES string of the molecule is Cc1nsc(C2=CCCNC2)n1.Cl. The standard InChI is InChI=1S/C8H11N3S.ClH/c1-6-10-8(12-11-6)7-3-2-4-9-5-7;/h3,9H,2,4-5H2,1H3;1H. The molecule has 5 heteroatoms. The molecule has 3 nitrogen and oxygen atoms in total. The maximum atomic E-state index is 4.33. The fourth-order valence-electron chi connectivity index (χ4n) is 1.23. The van der Waals surface area contributed by atoms with Gasteiger partial charge >= 0.3 is 0 Å². The third-order valence-electron chi connectivity index (χ3n) is 1.83. The summed E-state index contributed by atoms with van der Waals surface area (Å²) in [5.41, 5.74) is 1.30. The van der Waals surface area contributed by atoms with Crippen LogP contribution in [0, 0.1) is 6.92 Å². The van der Waals surface area contributed by atoms with Crippen LogP contribution in [0.25, 0.3) is 5.57 Å². The van der Waals surface area contributed by atoms with Gasteiger partial charge in [0.1, 0.15) is 10.8 Å². The van der Waals surface area contributed by atoms with Gasteiger partial charge in [-0.25, -0.2) is 4.98 Å². The molecule has 13 heavy (non-hydrogen) atoms. The molecule has 0 aromatic carbocycles. The number of hydrogen-bond donors (Lipinski definition) is 1. The Morgan fingerprint density at radius 2 is 2.38 bits per heavy atom. The van der Waals surface area contributed by atoms with Gasteiger partial charge in [0.05, 0.1) is 0 Å². The van der Waals surface area contributed by atoms with Crippen LogP contribution in [0.5, 0.6) is 0 Å². The monoisotopic (exact) mass is 217 g/mol. The molecule has 1 aliphatic heterocycles. The lowest BCUT2D eigenvalue weighted by Gasteiger charge is -2.10. The average Bonchev–Trinajstić information content (AvgIpc) is 2.54. The zero-order valence-corrected chi connectivity index (χ0v) is 9.04. The first-order valence-electron chi connectivity index (χ1n) is 4.07. The van der Waals surface area contributed by atoms with E-state index in [4.69, 9.17) is 0 Å². The van der Waals surface area contributed by atoms with Crippen LogP contribution in [0.2, 0.25) is 0 Å². The van der Waals surface area contributed by atoms with Crippen LogP contribution in [0.4, 0.5) is 0 Å². The summed E-state index contributed by atoms with van der Waals surface area (Å²) in [4.78, 5) is 4.33. The van der Waals surface area contributed by atoms with Gasteiger partial charge in [-0.3, -0.25) is 0 Å². The van der Waals surface area contributed by atoms with E-state index < -0.39 is 0 Å². The minimum atomic E-state index is 0. The van der Waals surface area contributed by atoms with Crippen molar-refractivity contribution in [2.24, 2.45) is 0 Å². The summed E-state index contributed by atoms with van der Waals surface area (Å²) in [6, 6.07) is 0. The summed E-state index contributed by atoms with van der Waals surface area (Å²) >= 11 is 1.49. The van der Waals surface area contributed by atoms with Gasteiger partial charge in [0.2, 0.25) is 0 Å². The van der Waals surface area contributed by atoms with Crippen molar-refractivity contribution in [1.29, 1.82) is 0 Å². The van der Waals surface area contributed by atoms with E-state index in [0.717, 1.165) is 30.3 Å². The molecule has 1 aliphatic rings. The molecular formula is C8H12ClN3S. The number of aryl methyl sites for hydroxylation is 1. The summed E-state index contributed by atoms with van der Waals surface area (Å²) in [6.07, 6.45) is 3.35. The van der Waals surface area contributed by atoms with Crippen LogP contribution in [0.15, 0.2) is 6.08 Å². The van der Waals surface area contributed by atoms with Crippen molar-refractivity contribution in [3.8, 4) is 0 Å². The van der Waals surface area contributed by atoms with Gasteiger partial charge in [-0.05, 0) is 37.0 Å². The molecule has 0 fully saturated rings. The summed E-state index contributed by atoms with van der Waals surface area (Å²) in [6.45, 7) is 3.95. The van der Waals surface area contributed by atoms with Crippen LogP contribution < -0.4 is 5.32 Å². The lowest BCUT2D eigenvalue weighted by molar-refractivity contribution is 0.738. The highest BCUT2D eigenvalue weighted by atomic mass is 35.5. The first kappa shape index (κ1) is 10.6. The zero-order chi connectivity index (χ0) is 8.39. The molecule has 1 aromatic heterocycles. The quantitative estimate of drug-likeness (QED) is 0.778. The molecule has 0 unspecified atom stereocenters. The minimum Gasteiger partial charge on any atom is -0.312 e. The summed E-state index contributed by atoms with van der Waals surface area (Å²) < 4.78 is 4.15. The summed E-state index contributed by atoms with van der Waals surface area (Å²) in [5.74, 6) is 0.876. The zero-order valence-electron chi connectivity index (χ0n) is 7.41. The smallest absolute Gasteiger partial charge is 0.140 e. The highest BCUT2D eigenvalue weighted by Crippen LogP contribution is 2.18. The molecule has 72 valence electrons. The molecule has 0 spiro atoms. The van der Waals surface area contributed by atoms with E-state index in [1.807, 2.05) is 6.92 Å². The van der Waals surface area contributed by atoms with Gasteiger partial charge in [-0.2, -0.15) is 4.37 Å². The van der Waals surface area contributed by atoms with E-state index in [9.17, 15) is 0 Å². The first-order chi connectivity index (χ1) is 5.86.